The minimum Gasteiger partial charge on any atom is -0.326 e. The van der Waals surface area contributed by atoms with Crippen molar-refractivity contribution < 1.29 is 9.59 Å². The van der Waals surface area contributed by atoms with Crippen molar-refractivity contribution in [2.75, 3.05) is 10.6 Å². The molecule has 4 N–H and O–H groups in total. The molecule has 0 aliphatic heterocycles. The average Bonchev–Trinajstić information content (AvgIpc) is 3.03. The fraction of sp³-hybridized carbons (Fsp3) is 0.118. The van der Waals surface area contributed by atoms with Crippen LogP contribution in [0.4, 0.5) is 16.2 Å². The van der Waals surface area contributed by atoms with Crippen LogP contribution in [0.3, 0.4) is 0 Å². The number of fused-ring (bicyclic) bond motifs is 1. The molecule has 0 fully saturated rings. The minimum absolute atomic E-state index is 0.305. The molecule has 2 aromatic carbocycles. The molecule has 0 saturated heterocycles. The van der Waals surface area contributed by atoms with Gasteiger partial charge in [0.25, 0.3) is 0 Å². The Labute approximate surface area is 138 Å². The number of nitrogens with one attached hydrogen (secondary N) is 4. The van der Waals surface area contributed by atoms with Gasteiger partial charge in [-0.05, 0) is 37.3 Å². The van der Waals surface area contributed by atoms with E-state index in [-0.39, 0.29) is 5.91 Å². The first kappa shape index (κ1) is 15.5. The van der Waals surface area contributed by atoms with Gasteiger partial charge in [-0.1, -0.05) is 18.2 Å². The van der Waals surface area contributed by atoms with Crippen molar-refractivity contribution in [3.05, 3.63) is 54.7 Å². The second kappa shape index (κ2) is 6.82. The van der Waals surface area contributed by atoms with E-state index < -0.39 is 12.1 Å². The number of H-pyrrole nitrogens is 1. The summed E-state index contributed by atoms with van der Waals surface area (Å²) in [6, 6.07) is 13.3. The lowest BCUT2D eigenvalue weighted by molar-refractivity contribution is -0.117. The number of anilines is 2. The van der Waals surface area contributed by atoms with Gasteiger partial charge in [-0.3, -0.25) is 9.89 Å². The standard InChI is InChI=1S/C17H17N5O2/c1-11(19-17(24)21-13-5-3-2-4-6-13)16(23)20-14-7-8-15-12(9-14)10-18-22-15/h2-11H,1H3,(H,18,22)(H,20,23)(H2,19,21,24). The molecule has 0 aliphatic carbocycles. The SMILES string of the molecule is CC(NC(=O)Nc1ccccc1)C(=O)Nc1ccc2[nH]ncc2c1. The zero-order chi connectivity index (χ0) is 16.9. The molecule has 0 bridgehead atoms. The number of hydrogen-bond donors (Lipinski definition) is 4. The fourth-order valence-corrected chi connectivity index (χ4v) is 2.22. The summed E-state index contributed by atoms with van der Waals surface area (Å²) in [5.41, 5.74) is 2.19. The third-order valence-corrected chi connectivity index (χ3v) is 3.48. The summed E-state index contributed by atoms with van der Waals surface area (Å²) >= 11 is 0. The smallest absolute Gasteiger partial charge is 0.319 e. The molecule has 7 nitrogen and oxygen atoms in total. The predicted molar refractivity (Wildman–Crippen MR) is 92.8 cm³/mol. The highest BCUT2D eigenvalue weighted by atomic mass is 16.2. The van der Waals surface area contributed by atoms with Crippen LogP contribution in [-0.4, -0.2) is 28.2 Å². The van der Waals surface area contributed by atoms with E-state index in [0.29, 0.717) is 11.4 Å². The number of aromatic amines is 1. The first-order valence-electron chi connectivity index (χ1n) is 7.48. The molecule has 1 unspecified atom stereocenters. The molecule has 3 rings (SSSR count). The van der Waals surface area contributed by atoms with E-state index >= 15 is 0 Å². The van der Waals surface area contributed by atoms with Crippen molar-refractivity contribution in [2.24, 2.45) is 0 Å². The van der Waals surface area contributed by atoms with Crippen molar-refractivity contribution in [1.82, 2.24) is 15.5 Å². The van der Waals surface area contributed by atoms with Gasteiger partial charge in [0.05, 0.1) is 11.7 Å². The quantitative estimate of drug-likeness (QED) is 0.594. The molecule has 122 valence electrons. The van der Waals surface area contributed by atoms with Gasteiger partial charge in [-0.2, -0.15) is 5.10 Å². The number of urea groups is 1. The van der Waals surface area contributed by atoms with E-state index in [2.05, 4.69) is 26.1 Å². The van der Waals surface area contributed by atoms with Crippen molar-refractivity contribution in [2.45, 2.75) is 13.0 Å². The lowest BCUT2D eigenvalue weighted by Crippen LogP contribution is -2.43. The van der Waals surface area contributed by atoms with E-state index in [4.69, 9.17) is 0 Å². The van der Waals surface area contributed by atoms with Crippen LogP contribution >= 0.6 is 0 Å². The van der Waals surface area contributed by atoms with Gasteiger partial charge >= 0.3 is 6.03 Å². The number of nitrogens with zero attached hydrogens (tertiary/aromatic N) is 1. The predicted octanol–water partition coefficient (Wildman–Crippen LogP) is 2.71. The van der Waals surface area contributed by atoms with Gasteiger partial charge in [0.2, 0.25) is 5.91 Å². The molecule has 1 atom stereocenters. The molecule has 3 amide bonds. The van der Waals surface area contributed by atoms with E-state index in [0.717, 1.165) is 10.9 Å². The first-order chi connectivity index (χ1) is 11.6. The first-order valence-corrected chi connectivity index (χ1v) is 7.48. The lowest BCUT2D eigenvalue weighted by atomic mass is 10.2. The average molecular weight is 323 g/mol. The van der Waals surface area contributed by atoms with Gasteiger partial charge in [0, 0.05) is 16.8 Å². The molecule has 3 aromatic rings. The van der Waals surface area contributed by atoms with Gasteiger partial charge in [0.15, 0.2) is 0 Å². The second-order valence-electron chi connectivity index (χ2n) is 5.35. The largest absolute Gasteiger partial charge is 0.326 e. The Hall–Kier alpha value is -3.35. The molecule has 24 heavy (non-hydrogen) atoms. The van der Waals surface area contributed by atoms with E-state index in [1.807, 2.05) is 30.3 Å². The summed E-state index contributed by atoms with van der Waals surface area (Å²) in [5, 5.41) is 15.7. The monoisotopic (exact) mass is 323 g/mol. The van der Waals surface area contributed by atoms with Crippen molar-refractivity contribution in [3.8, 4) is 0 Å². The minimum atomic E-state index is -0.686. The molecule has 0 radical (unpaired) electrons. The van der Waals surface area contributed by atoms with Crippen LogP contribution in [0, 0.1) is 0 Å². The van der Waals surface area contributed by atoms with Crippen LogP contribution in [0.2, 0.25) is 0 Å². The molecule has 0 saturated carbocycles. The Kier molecular flexibility index (Phi) is 4.42. The summed E-state index contributed by atoms with van der Waals surface area (Å²) in [5.74, 6) is -0.305. The van der Waals surface area contributed by atoms with Crippen LogP contribution < -0.4 is 16.0 Å². The van der Waals surface area contributed by atoms with E-state index in [1.54, 1.807) is 31.3 Å². The Morgan fingerprint density at radius 1 is 1.04 bits per heavy atom. The van der Waals surface area contributed by atoms with Crippen LogP contribution in [0.1, 0.15) is 6.92 Å². The number of benzene rings is 2. The maximum absolute atomic E-state index is 12.2. The molecular formula is C17H17N5O2. The molecule has 1 heterocycles. The summed E-state index contributed by atoms with van der Waals surface area (Å²) in [7, 11) is 0. The second-order valence-corrected chi connectivity index (χ2v) is 5.35. The highest BCUT2D eigenvalue weighted by Crippen LogP contribution is 2.16. The molecule has 7 heteroatoms. The summed E-state index contributed by atoms with van der Waals surface area (Å²) in [6.07, 6.45) is 1.68. The third kappa shape index (κ3) is 3.70. The number of carbonyl (C=O) groups is 2. The lowest BCUT2D eigenvalue weighted by Gasteiger charge is -2.15. The van der Waals surface area contributed by atoms with E-state index in [1.165, 1.54) is 0 Å². The highest BCUT2D eigenvalue weighted by molar-refractivity contribution is 5.99. The zero-order valence-corrected chi connectivity index (χ0v) is 13.0. The van der Waals surface area contributed by atoms with E-state index in [9.17, 15) is 9.59 Å². The number of rotatable bonds is 4. The number of aromatic nitrogens is 2. The molecule has 0 aliphatic rings. The maximum atomic E-state index is 12.2. The molecule has 1 aromatic heterocycles. The zero-order valence-electron chi connectivity index (χ0n) is 13.0. The van der Waals surface area contributed by atoms with Gasteiger partial charge in [0.1, 0.15) is 6.04 Å². The van der Waals surface area contributed by atoms with Crippen LogP contribution in [0.15, 0.2) is 54.7 Å². The fourth-order valence-electron chi connectivity index (χ4n) is 2.22. The van der Waals surface area contributed by atoms with Crippen LogP contribution in [0.5, 0.6) is 0 Å². The topological polar surface area (TPSA) is 98.9 Å². The Morgan fingerprint density at radius 3 is 2.62 bits per heavy atom. The summed E-state index contributed by atoms with van der Waals surface area (Å²) in [4.78, 5) is 24.1. The number of carbonyl (C=O) groups excluding carboxylic acids is 2. The van der Waals surface area contributed by atoms with Crippen molar-refractivity contribution in [3.63, 3.8) is 0 Å². The van der Waals surface area contributed by atoms with Crippen LogP contribution in [0.25, 0.3) is 10.9 Å². The highest BCUT2D eigenvalue weighted by Gasteiger charge is 2.16. The van der Waals surface area contributed by atoms with Gasteiger partial charge < -0.3 is 16.0 Å². The molecule has 0 spiro atoms. The van der Waals surface area contributed by atoms with Gasteiger partial charge in [-0.15, -0.1) is 0 Å². The van der Waals surface area contributed by atoms with Crippen molar-refractivity contribution in [1.29, 1.82) is 0 Å². The number of para-hydroxylation sites is 1. The third-order valence-electron chi connectivity index (χ3n) is 3.48. The normalized spacial score (nSPS) is 11.7. The van der Waals surface area contributed by atoms with Crippen LogP contribution in [-0.2, 0) is 4.79 Å². The van der Waals surface area contributed by atoms with Crippen molar-refractivity contribution >= 4 is 34.2 Å². The summed E-state index contributed by atoms with van der Waals surface area (Å²) < 4.78 is 0. The summed E-state index contributed by atoms with van der Waals surface area (Å²) in [6.45, 7) is 1.62. The Balaban J connectivity index is 1.56. The number of amides is 3. The maximum Gasteiger partial charge on any atom is 0.319 e. The van der Waals surface area contributed by atoms with Gasteiger partial charge in [-0.25, -0.2) is 4.79 Å². The molecular weight excluding hydrogens is 306 g/mol. The number of hydrogen-bond acceptors (Lipinski definition) is 3. The Bertz CT molecular complexity index is 860. The Morgan fingerprint density at radius 2 is 1.83 bits per heavy atom.